The first-order chi connectivity index (χ1) is 5.13. The van der Waals surface area contributed by atoms with Crippen molar-refractivity contribution in [1.29, 1.82) is 0 Å². The van der Waals surface area contributed by atoms with Gasteiger partial charge < -0.3 is 0 Å². The molecule has 0 radical (unpaired) electrons. The average Bonchev–Trinajstić information content (AvgIpc) is 2.33. The molecule has 1 aliphatic carbocycles. The lowest BCUT2D eigenvalue weighted by Gasteiger charge is -2.25. The van der Waals surface area contributed by atoms with E-state index in [1.165, 1.54) is 19.3 Å². The smallest absolute Gasteiger partial charge is 0.0366 e. The molecule has 0 nitrogen and oxygen atoms in total. The maximum atomic E-state index is 6.22. The second kappa shape index (κ2) is 3.80. The zero-order valence-electron chi connectivity index (χ0n) is 7.81. The number of halogens is 1. The molecule has 11 heavy (non-hydrogen) atoms. The van der Waals surface area contributed by atoms with Crippen LogP contribution in [0.15, 0.2) is 0 Å². The van der Waals surface area contributed by atoms with E-state index in [0.29, 0.717) is 5.38 Å². The summed E-state index contributed by atoms with van der Waals surface area (Å²) in [6, 6.07) is 0. The Labute approximate surface area is 75.3 Å². The van der Waals surface area contributed by atoms with Crippen LogP contribution in [0.25, 0.3) is 0 Å². The molecule has 0 aromatic rings. The Morgan fingerprint density at radius 1 is 1.18 bits per heavy atom. The molecule has 3 unspecified atom stereocenters. The van der Waals surface area contributed by atoms with Crippen LogP contribution >= 0.6 is 11.6 Å². The van der Waals surface area contributed by atoms with Gasteiger partial charge in [-0.1, -0.05) is 27.2 Å². The van der Waals surface area contributed by atoms with Gasteiger partial charge in [-0.3, -0.25) is 0 Å². The second-order valence-corrected chi connectivity index (χ2v) is 4.77. The molecule has 0 amide bonds. The lowest BCUT2D eigenvalue weighted by Crippen LogP contribution is -2.20. The van der Waals surface area contributed by atoms with E-state index >= 15 is 0 Å². The Balaban J connectivity index is 2.45. The van der Waals surface area contributed by atoms with Gasteiger partial charge in [-0.2, -0.15) is 0 Å². The Morgan fingerprint density at radius 3 is 2.18 bits per heavy atom. The van der Waals surface area contributed by atoms with Crippen molar-refractivity contribution in [2.75, 3.05) is 0 Å². The summed E-state index contributed by atoms with van der Waals surface area (Å²) >= 11 is 6.22. The standard InChI is InChI=1S/C10H19Cl/c1-7(2)8(3)9-5-4-6-10(9)11/h7-10H,4-6H2,1-3H3. The molecule has 0 saturated heterocycles. The highest BCUT2D eigenvalue weighted by molar-refractivity contribution is 6.20. The minimum Gasteiger partial charge on any atom is -0.123 e. The first-order valence-electron chi connectivity index (χ1n) is 4.77. The molecule has 0 aromatic carbocycles. The predicted octanol–water partition coefficient (Wildman–Crippen LogP) is 3.69. The summed E-state index contributed by atoms with van der Waals surface area (Å²) in [5.41, 5.74) is 0. The van der Waals surface area contributed by atoms with Crippen LogP contribution in [0.3, 0.4) is 0 Å². The second-order valence-electron chi connectivity index (χ2n) is 4.21. The lowest BCUT2D eigenvalue weighted by atomic mass is 9.84. The Kier molecular flexibility index (Phi) is 3.24. The van der Waals surface area contributed by atoms with Gasteiger partial charge in [0.25, 0.3) is 0 Å². The molecular weight excluding hydrogens is 156 g/mol. The molecular formula is C10H19Cl. The summed E-state index contributed by atoms with van der Waals surface area (Å²) in [5.74, 6) is 2.39. The molecule has 0 heterocycles. The van der Waals surface area contributed by atoms with Crippen molar-refractivity contribution in [3.8, 4) is 0 Å². The van der Waals surface area contributed by atoms with E-state index < -0.39 is 0 Å². The molecule has 3 atom stereocenters. The van der Waals surface area contributed by atoms with Gasteiger partial charge >= 0.3 is 0 Å². The highest BCUT2D eigenvalue weighted by Gasteiger charge is 2.30. The Hall–Kier alpha value is 0.290. The van der Waals surface area contributed by atoms with Gasteiger partial charge in [-0.15, -0.1) is 11.6 Å². The highest BCUT2D eigenvalue weighted by atomic mass is 35.5. The van der Waals surface area contributed by atoms with E-state index in [2.05, 4.69) is 20.8 Å². The van der Waals surface area contributed by atoms with Crippen LogP contribution in [0.1, 0.15) is 40.0 Å². The zero-order valence-corrected chi connectivity index (χ0v) is 8.56. The van der Waals surface area contributed by atoms with Crippen LogP contribution < -0.4 is 0 Å². The van der Waals surface area contributed by atoms with E-state index in [0.717, 1.165) is 17.8 Å². The molecule has 1 fully saturated rings. The normalized spacial score (nSPS) is 34.6. The molecule has 0 aromatic heterocycles. The van der Waals surface area contributed by atoms with Crippen LogP contribution in [0.2, 0.25) is 0 Å². The molecule has 1 rings (SSSR count). The quantitative estimate of drug-likeness (QED) is 0.561. The van der Waals surface area contributed by atoms with Crippen LogP contribution in [0.5, 0.6) is 0 Å². The summed E-state index contributed by atoms with van der Waals surface area (Å²) in [6.45, 7) is 6.94. The summed E-state index contributed by atoms with van der Waals surface area (Å²) in [4.78, 5) is 0. The maximum absolute atomic E-state index is 6.22. The van der Waals surface area contributed by atoms with E-state index in [1.54, 1.807) is 0 Å². The topological polar surface area (TPSA) is 0 Å². The molecule has 0 spiro atoms. The third-order valence-electron chi connectivity index (χ3n) is 3.21. The first-order valence-corrected chi connectivity index (χ1v) is 5.20. The van der Waals surface area contributed by atoms with Gasteiger partial charge in [0.05, 0.1) is 0 Å². The molecule has 0 aliphatic heterocycles. The minimum absolute atomic E-state index is 0.465. The van der Waals surface area contributed by atoms with Crippen LogP contribution in [-0.2, 0) is 0 Å². The molecule has 66 valence electrons. The van der Waals surface area contributed by atoms with Crippen LogP contribution in [0.4, 0.5) is 0 Å². The lowest BCUT2D eigenvalue weighted by molar-refractivity contribution is 0.285. The van der Waals surface area contributed by atoms with Gasteiger partial charge in [0.15, 0.2) is 0 Å². The third kappa shape index (κ3) is 2.11. The van der Waals surface area contributed by atoms with Crippen molar-refractivity contribution >= 4 is 11.6 Å². The number of hydrogen-bond donors (Lipinski definition) is 0. The fourth-order valence-corrected chi connectivity index (χ4v) is 2.54. The third-order valence-corrected chi connectivity index (χ3v) is 3.75. The fraction of sp³-hybridized carbons (Fsp3) is 1.00. The van der Waals surface area contributed by atoms with Crippen molar-refractivity contribution < 1.29 is 0 Å². The van der Waals surface area contributed by atoms with E-state index in [1.807, 2.05) is 0 Å². The van der Waals surface area contributed by atoms with Gasteiger partial charge in [0.2, 0.25) is 0 Å². The van der Waals surface area contributed by atoms with Crippen LogP contribution in [-0.4, -0.2) is 5.38 Å². The number of rotatable bonds is 2. The zero-order chi connectivity index (χ0) is 8.43. The van der Waals surface area contributed by atoms with Crippen molar-refractivity contribution in [1.82, 2.24) is 0 Å². The summed E-state index contributed by atoms with van der Waals surface area (Å²) in [5, 5.41) is 0.465. The van der Waals surface area contributed by atoms with Crippen molar-refractivity contribution in [3.63, 3.8) is 0 Å². The SMILES string of the molecule is CC(C)C(C)C1CCCC1Cl. The van der Waals surface area contributed by atoms with Gasteiger partial charge in [0, 0.05) is 5.38 Å². The predicted molar refractivity (Wildman–Crippen MR) is 51.0 cm³/mol. The van der Waals surface area contributed by atoms with Crippen LogP contribution in [0, 0.1) is 17.8 Å². The maximum Gasteiger partial charge on any atom is 0.0366 e. The fourth-order valence-electron chi connectivity index (χ4n) is 2.03. The van der Waals surface area contributed by atoms with Crippen molar-refractivity contribution in [2.24, 2.45) is 17.8 Å². The van der Waals surface area contributed by atoms with E-state index in [9.17, 15) is 0 Å². The largest absolute Gasteiger partial charge is 0.123 e. The van der Waals surface area contributed by atoms with E-state index in [4.69, 9.17) is 11.6 Å². The minimum atomic E-state index is 0.465. The molecule has 0 bridgehead atoms. The monoisotopic (exact) mass is 174 g/mol. The van der Waals surface area contributed by atoms with E-state index in [-0.39, 0.29) is 0 Å². The highest BCUT2D eigenvalue weighted by Crippen LogP contribution is 2.38. The number of hydrogen-bond acceptors (Lipinski definition) is 0. The molecule has 1 aliphatic rings. The Bertz CT molecular complexity index is 120. The van der Waals surface area contributed by atoms with Crippen molar-refractivity contribution in [3.05, 3.63) is 0 Å². The first kappa shape index (κ1) is 9.38. The molecule has 1 saturated carbocycles. The number of alkyl halides is 1. The average molecular weight is 175 g/mol. The molecule has 0 N–H and O–H groups in total. The Morgan fingerprint density at radius 2 is 1.82 bits per heavy atom. The van der Waals surface area contributed by atoms with Gasteiger partial charge in [-0.25, -0.2) is 0 Å². The van der Waals surface area contributed by atoms with Gasteiger partial charge in [-0.05, 0) is 30.6 Å². The summed E-state index contributed by atoms with van der Waals surface area (Å²) in [6.07, 6.45) is 3.94. The van der Waals surface area contributed by atoms with Crippen molar-refractivity contribution in [2.45, 2.75) is 45.4 Å². The van der Waals surface area contributed by atoms with Gasteiger partial charge in [0.1, 0.15) is 0 Å². The summed E-state index contributed by atoms with van der Waals surface area (Å²) < 4.78 is 0. The molecule has 1 heteroatoms. The summed E-state index contributed by atoms with van der Waals surface area (Å²) in [7, 11) is 0.